The number of hydrogen-bond acceptors (Lipinski definition) is 5. The molecule has 0 bridgehead atoms. The zero-order chi connectivity index (χ0) is 12.1. The quantitative estimate of drug-likeness (QED) is 0.544. The molecule has 0 spiro atoms. The molecule has 0 saturated heterocycles. The van der Waals surface area contributed by atoms with Crippen LogP contribution in [-0.4, -0.2) is 28.9 Å². The molecule has 0 aliphatic heterocycles. The average Bonchev–Trinajstić information content (AvgIpc) is 2.28. The third-order valence-corrected chi connectivity index (χ3v) is 1.65. The van der Waals surface area contributed by atoms with Crippen LogP contribution in [0, 0.1) is 10.1 Å². The highest BCUT2D eigenvalue weighted by atomic mass is 16.6. The highest BCUT2D eigenvalue weighted by Crippen LogP contribution is 2.08. The summed E-state index contributed by atoms with van der Waals surface area (Å²) in [5.74, 6) is -1.19. The predicted octanol–water partition coefficient (Wildman–Crippen LogP) is 0.0590. The van der Waals surface area contributed by atoms with Crippen LogP contribution in [0.15, 0.2) is 18.3 Å². The predicted molar refractivity (Wildman–Crippen MR) is 52.8 cm³/mol. The van der Waals surface area contributed by atoms with Crippen molar-refractivity contribution in [3.63, 3.8) is 0 Å². The van der Waals surface area contributed by atoms with E-state index in [1.54, 1.807) is 0 Å². The SMILES string of the molecule is CNC(=O)NC(=O)c1ccnc([N+](=O)[O-])c1. The Morgan fingerprint density at radius 2 is 2.19 bits per heavy atom. The van der Waals surface area contributed by atoms with Crippen LogP contribution in [0.1, 0.15) is 10.4 Å². The number of imide groups is 1. The van der Waals surface area contributed by atoms with Crippen molar-refractivity contribution in [2.45, 2.75) is 0 Å². The zero-order valence-electron chi connectivity index (χ0n) is 8.26. The Balaban J connectivity index is 2.88. The zero-order valence-corrected chi connectivity index (χ0v) is 8.26. The molecular weight excluding hydrogens is 216 g/mol. The van der Waals surface area contributed by atoms with Crippen LogP contribution >= 0.6 is 0 Å². The van der Waals surface area contributed by atoms with Gasteiger partial charge in [0.1, 0.15) is 6.20 Å². The van der Waals surface area contributed by atoms with Gasteiger partial charge in [-0.25, -0.2) is 4.79 Å². The molecule has 8 heteroatoms. The van der Waals surface area contributed by atoms with E-state index in [4.69, 9.17) is 0 Å². The lowest BCUT2D eigenvalue weighted by molar-refractivity contribution is -0.389. The normalized spacial score (nSPS) is 9.31. The maximum atomic E-state index is 11.4. The number of nitrogens with zero attached hydrogens (tertiary/aromatic N) is 2. The Morgan fingerprint density at radius 1 is 1.50 bits per heavy atom. The summed E-state index contributed by atoms with van der Waals surface area (Å²) in [6, 6.07) is 1.56. The Hall–Kier alpha value is -2.51. The molecule has 3 amide bonds. The second kappa shape index (κ2) is 4.82. The fraction of sp³-hybridized carbons (Fsp3) is 0.125. The average molecular weight is 224 g/mol. The van der Waals surface area contributed by atoms with Crippen LogP contribution in [0.2, 0.25) is 0 Å². The van der Waals surface area contributed by atoms with Gasteiger partial charge in [0.05, 0.1) is 5.56 Å². The molecule has 16 heavy (non-hydrogen) atoms. The van der Waals surface area contributed by atoms with E-state index >= 15 is 0 Å². The first kappa shape index (κ1) is 11.6. The maximum absolute atomic E-state index is 11.4. The molecule has 0 saturated carbocycles. The number of aromatic nitrogens is 1. The lowest BCUT2D eigenvalue weighted by atomic mass is 10.2. The summed E-state index contributed by atoms with van der Waals surface area (Å²) in [5, 5.41) is 14.5. The monoisotopic (exact) mass is 224 g/mol. The van der Waals surface area contributed by atoms with Crippen LogP contribution in [0.5, 0.6) is 0 Å². The number of hydrogen-bond donors (Lipinski definition) is 2. The number of pyridine rings is 1. The number of rotatable bonds is 2. The molecule has 8 nitrogen and oxygen atoms in total. The molecule has 84 valence electrons. The van der Waals surface area contributed by atoms with E-state index < -0.39 is 22.7 Å². The summed E-state index contributed by atoms with van der Waals surface area (Å²) >= 11 is 0. The maximum Gasteiger partial charge on any atom is 0.364 e. The van der Waals surface area contributed by atoms with Crippen LogP contribution in [-0.2, 0) is 0 Å². The molecule has 0 aliphatic carbocycles. The highest BCUT2D eigenvalue weighted by molar-refractivity contribution is 6.04. The topological polar surface area (TPSA) is 114 Å². The van der Waals surface area contributed by atoms with E-state index in [1.807, 2.05) is 5.32 Å². The van der Waals surface area contributed by atoms with Gasteiger partial charge >= 0.3 is 11.8 Å². The third-order valence-electron chi connectivity index (χ3n) is 1.65. The van der Waals surface area contributed by atoms with Gasteiger partial charge in [-0.1, -0.05) is 0 Å². The summed E-state index contributed by atoms with van der Waals surface area (Å²) in [7, 11) is 1.34. The van der Waals surface area contributed by atoms with E-state index in [9.17, 15) is 19.7 Å². The summed E-state index contributed by atoms with van der Waals surface area (Å²) in [6.07, 6.45) is 1.12. The minimum Gasteiger partial charge on any atom is -0.358 e. The summed E-state index contributed by atoms with van der Waals surface area (Å²) in [6.45, 7) is 0. The van der Waals surface area contributed by atoms with Crippen LogP contribution in [0.25, 0.3) is 0 Å². The van der Waals surface area contributed by atoms with Crippen LogP contribution in [0.4, 0.5) is 10.6 Å². The molecule has 2 N–H and O–H groups in total. The van der Waals surface area contributed by atoms with Crippen LogP contribution < -0.4 is 10.6 Å². The van der Waals surface area contributed by atoms with Crippen molar-refractivity contribution >= 4 is 17.8 Å². The molecule has 1 heterocycles. The van der Waals surface area contributed by atoms with E-state index in [0.29, 0.717) is 0 Å². The van der Waals surface area contributed by atoms with Gasteiger partial charge in [0, 0.05) is 13.1 Å². The Bertz CT molecular complexity index is 445. The van der Waals surface area contributed by atoms with Gasteiger partial charge in [-0.05, 0) is 16.0 Å². The number of carbonyl (C=O) groups excluding carboxylic acids is 2. The molecule has 1 aromatic heterocycles. The van der Waals surface area contributed by atoms with Gasteiger partial charge in [0.25, 0.3) is 5.91 Å². The van der Waals surface area contributed by atoms with E-state index in [0.717, 1.165) is 12.3 Å². The lowest BCUT2D eigenvalue weighted by Gasteiger charge is -2.01. The standard InChI is InChI=1S/C8H8N4O4/c1-9-8(14)11-7(13)5-2-3-10-6(4-5)12(15)16/h2-4H,1H3,(H2,9,11,13,14). The number of nitro groups is 1. The van der Waals surface area contributed by atoms with Gasteiger partial charge in [-0.15, -0.1) is 0 Å². The Kier molecular flexibility index (Phi) is 3.49. The minimum atomic E-state index is -0.732. The molecule has 0 unspecified atom stereocenters. The minimum absolute atomic E-state index is 0.00898. The number of amides is 3. The van der Waals surface area contributed by atoms with Crippen molar-refractivity contribution in [1.82, 2.24) is 15.6 Å². The molecule has 0 aromatic carbocycles. The van der Waals surface area contributed by atoms with Gasteiger partial charge in [-0.3, -0.25) is 10.1 Å². The Labute approximate surface area is 89.8 Å². The van der Waals surface area contributed by atoms with Gasteiger partial charge in [0.15, 0.2) is 0 Å². The molecule has 1 aromatic rings. The second-order valence-corrected chi connectivity index (χ2v) is 2.69. The van der Waals surface area contributed by atoms with E-state index in [1.165, 1.54) is 13.1 Å². The van der Waals surface area contributed by atoms with Crippen molar-refractivity contribution in [2.24, 2.45) is 0 Å². The Morgan fingerprint density at radius 3 is 2.75 bits per heavy atom. The molecular formula is C8H8N4O4. The van der Waals surface area contributed by atoms with Crippen molar-refractivity contribution in [1.29, 1.82) is 0 Å². The van der Waals surface area contributed by atoms with Gasteiger partial charge in [0.2, 0.25) is 0 Å². The smallest absolute Gasteiger partial charge is 0.358 e. The fourth-order valence-electron chi connectivity index (χ4n) is 0.897. The third kappa shape index (κ3) is 2.74. The first-order valence-electron chi connectivity index (χ1n) is 4.18. The molecule has 0 radical (unpaired) electrons. The first-order valence-corrected chi connectivity index (χ1v) is 4.18. The number of urea groups is 1. The lowest BCUT2D eigenvalue weighted by Crippen LogP contribution is -2.37. The van der Waals surface area contributed by atoms with Crippen molar-refractivity contribution < 1.29 is 14.5 Å². The second-order valence-electron chi connectivity index (χ2n) is 2.69. The number of nitrogens with one attached hydrogen (secondary N) is 2. The van der Waals surface area contributed by atoms with E-state index in [2.05, 4.69) is 10.3 Å². The summed E-state index contributed by atoms with van der Waals surface area (Å²) in [5.41, 5.74) is -0.00898. The molecule has 0 atom stereocenters. The van der Waals surface area contributed by atoms with E-state index in [-0.39, 0.29) is 5.56 Å². The molecule has 1 rings (SSSR count). The van der Waals surface area contributed by atoms with Crippen molar-refractivity contribution in [3.8, 4) is 0 Å². The van der Waals surface area contributed by atoms with Crippen LogP contribution in [0.3, 0.4) is 0 Å². The van der Waals surface area contributed by atoms with Crippen molar-refractivity contribution in [3.05, 3.63) is 34.0 Å². The summed E-state index contributed by atoms with van der Waals surface area (Å²) < 4.78 is 0. The molecule has 0 fully saturated rings. The number of carbonyl (C=O) groups is 2. The largest absolute Gasteiger partial charge is 0.364 e. The summed E-state index contributed by atoms with van der Waals surface area (Å²) in [4.78, 5) is 35.3. The first-order chi connectivity index (χ1) is 7.54. The fourth-order valence-corrected chi connectivity index (χ4v) is 0.897. The van der Waals surface area contributed by atoms with Crippen molar-refractivity contribution in [2.75, 3.05) is 7.05 Å². The highest BCUT2D eigenvalue weighted by Gasteiger charge is 2.14. The molecule has 0 aliphatic rings. The van der Waals surface area contributed by atoms with Gasteiger partial charge < -0.3 is 15.4 Å². The van der Waals surface area contributed by atoms with Gasteiger partial charge in [-0.2, -0.15) is 0 Å².